The van der Waals surface area contributed by atoms with Crippen molar-refractivity contribution in [1.82, 2.24) is 15.1 Å². The minimum atomic E-state index is 0.628. The van der Waals surface area contributed by atoms with E-state index in [0.29, 0.717) is 12.1 Å². The zero-order valence-electron chi connectivity index (χ0n) is 12.4. The normalized spacial score (nSPS) is 25.4. The van der Waals surface area contributed by atoms with Crippen molar-refractivity contribution in [3.63, 3.8) is 0 Å². The molecule has 1 rings (SSSR count). The Morgan fingerprint density at radius 1 is 1.41 bits per heavy atom. The maximum atomic E-state index is 3.50. The molecule has 0 aromatic heterocycles. The average molecular weight is 241 g/mol. The number of nitrogens with zero attached hydrogens (tertiary/aromatic N) is 2. The van der Waals surface area contributed by atoms with Crippen LogP contribution in [0.5, 0.6) is 0 Å². The molecule has 3 atom stereocenters. The molecule has 0 bridgehead atoms. The molecule has 0 aromatic carbocycles. The van der Waals surface area contributed by atoms with Crippen LogP contribution in [-0.2, 0) is 0 Å². The van der Waals surface area contributed by atoms with Crippen molar-refractivity contribution in [2.45, 2.75) is 45.7 Å². The van der Waals surface area contributed by atoms with Gasteiger partial charge < -0.3 is 15.1 Å². The van der Waals surface area contributed by atoms with Gasteiger partial charge in [-0.1, -0.05) is 6.92 Å². The molecule has 1 fully saturated rings. The molecule has 0 radical (unpaired) electrons. The highest BCUT2D eigenvalue weighted by molar-refractivity contribution is 4.78. The molecule has 1 heterocycles. The van der Waals surface area contributed by atoms with Gasteiger partial charge in [-0.05, 0) is 59.8 Å². The minimum absolute atomic E-state index is 0.628. The minimum Gasteiger partial charge on any atom is -0.314 e. The van der Waals surface area contributed by atoms with Gasteiger partial charge >= 0.3 is 0 Å². The first-order valence-electron chi connectivity index (χ1n) is 7.15. The van der Waals surface area contributed by atoms with Gasteiger partial charge in [0.1, 0.15) is 0 Å². The molecular weight excluding hydrogens is 210 g/mol. The topological polar surface area (TPSA) is 18.5 Å². The van der Waals surface area contributed by atoms with Gasteiger partial charge in [-0.2, -0.15) is 0 Å². The molecule has 1 saturated heterocycles. The van der Waals surface area contributed by atoms with Gasteiger partial charge in [-0.25, -0.2) is 0 Å². The maximum Gasteiger partial charge on any atom is 0.00787 e. The van der Waals surface area contributed by atoms with E-state index in [9.17, 15) is 0 Å². The number of rotatable bonds is 7. The summed E-state index contributed by atoms with van der Waals surface area (Å²) in [5.74, 6) is 0.877. The number of likely N-dealkylation sites (tertiary alicyclic amines) is 1. The summed E-state index contributed by atoms with van der Waals surface area (Å²) in [4.78, 5) is 4.99. The van der Waals surface area contributed by atoms with Crippen LogP contribution in [0.3, 0.4) is 0 Å². The highest BCUT2D eigenvalue weighted by atomic mass is 15.2. The molecule has 0 spiro atoms. The van der Waals surface area contributed by atoms with Gasteiger partial charge in [-0.3, -0.25) is 0 Å². The van der Waals surface area contributed by atoms with Gasteiger partial charge in [0.05, 0.1) is 0 Å². The lowest BCUT2D eigenvalue weighted by Gasteiger charge is -2.29. The van der Waals surface area contributed by atoms with Crippen molar-refractivity contribution < 1.29 is 0 Å². The zero-order chi connectivity index (χ0) is 12.8. The second-order valence-electron chi connectivity index (χ2n) is 5.90. The lowest BCUT2D eigenvalue weighted by Crippen LogP contribution is -2.39. The molecule has 0 amide bonds. The fourth-order valence-corrected chi connectivity index (χ4v) is 2.89. The van der Waals surface area contributed by atoms with E-state index in [-0.39, 0.29) is 0 Å². The fraction of sp³-hybridized carbons (Fsp3) is 1.00. The van der Waals surface area contributed by atoms with Crippen LogP contribution in [0.4, 0.5) is 0 Å². The van der Waals surface area contributed by atoms with Crippen LogP contribution in [0.1, 0.15) is 33.6 Å². The van der Waals surface area contributed by atoms with Crippen LogP contribution in [0, 0.1) is 5.92 Å². The van der Waals surface area contributed by atoms with E-state index in [1.165, 1.54) is 32.5 Å². The van der Waals surface area contributed by atoms with Crippen LogP contribution < -0.4 is 5.32 Å². The Labute approximate surface area is 108 Å². The molecule has 3 heteroatoms. The second-order valence-corrected chi connectivity index (χ2v) is 5.90. The highest BCUT2D eigenvalue weighted by Gasteiger charge is 2.22. The summed E-state index contributed by atoms with van der Waals surface area (Å²) in [7, 11) is 4.51. The third-order valence-corrected chi connectivity index (χ3v) is 4.03. The van der Waals surface area contributed by atoms with Gasteiger partial charge in [0, 0.05) is 25.2 Å². The fourth-order valence-electron chi connectivity index (χ4n) is 2.89. The van der Waals surface area contributed by atoms with Crippen LogP contribution in [0.15, 0.2) is 0 Å². The van der Waals surface area contributed by atoms with Crippen molar-refractivity contribution in [2.24, 2.45) is 5.92 Å². The van der Waals surface area contributed by atoms with Crippen LogP contribution in [-0.4, -0.2) is 62.2 Å². The van der Waals surface area contributed by atoms with Crippen molar-refractivity contribution in [2.75, 3.05) is 40.3 Å². The van der Waals surface area contributed by atoms with Gasteiger partial charge in [0.25, 0.3) is 0 Å². The first-order chi connectivity index (χ1) is 8.02. The summed E-state index contributed by atoms with van der Waals surface area (Å²) in [5.41, 5.74) is 0. The average Bonchev–Trinajstić information content (AvgIpc) is 2.64. The van der Waals surface area contributed by atoms with Crippen molar-refractivity contribution >= 4 is 0 Å². The monoisotopic (exact) mass is 241 g/mol. The first kappa shape index (κ1) is 14.9. The summed E-state index contributed by atoms with van der Waals surface area (Å²) in [6.45, 7) is 11.7. The highest BCUT2D eigenvalue weighted by Crippen LogP contribution is 2.17. The Hall–Kier alpha value is -0.120. The maximum absolute atomic E-state index is 3.50. The third-order valence-electron chi connectivity index (χ3n) is 4.03. The molecular formula is C14H31N3. The van der Waals surface area contributed by atoms with E-state index < -0.39 is 0 Å². The van der Waals surface area contributed by atoms with E-state index in [1.807, 2.05) is 0 Å². The molecule has 0 saturated carbocycles. The van der Waals surface area contributed by atoms with Gasteiger partial charge in [-0.15, -0.1) is 0 Å². The zero-order valence-corrected chi connectivity index (χ0v) is 12.4. The molecule has 1 aliphatic heterocycles. The Balaban J connectivity index is 2.24. The van der Waals surface area contributed by atoms with Crippen molar-refractivity contribution in [1.29, 1.82) is 0 Å². The Morgan fingerprint density at radius 2 is 2.12 bits per heavy atom. The predicted octanol–water partition coefficient (Wildman–Crippen LogP) is 1.65. The van der Waals surface area contributed by atoms with E-state index in [0.717, 1.165) is 12.5 Å². The summed E-state index contributed by atoms with van der Waals surface area (Å²) in [6, 6.07) is 1.30. The molecule has 17 heavy (non-hydrogen) atoms. The SMILES string of the molecule is CCNC(C)CC(C)N(C)CC1CCN(C)C1. The largest absolute Gasteiger partial charge is 0.314 e. The van der Waals surface area contributed by atoms with Crippen LogP contribution in [0.2, 0.25) is 0 Å². The van der Waals surface area contributed by atoms with Gasteiger partial charge in [0.2, 0.25) is 0 Å². The van der Waals surface area contributed by atoms with Crippen molar-refractivity contribution in [3.05, 3.63) is 0 Å². The lowest BCUT2D eigenvalue weighted by atomic mass is 10.1. The molecule has 3 unspecified atom stereocenters. The molecule has 1 N–H and O–H groups in total. The molecule has 3 nitrogen and oxygen atoms in total. The number of nitrogens with one attached hydrogen (secondary N) is 1. The molecule has 0 aliphatic carbocycles. The first-order valence-corrected chi connectivity index (χ1v) is 7.15. The summed E-state index contributed by atoms with van der Waals surface area (Å²) in [5, 5.41) is 3.50. The van der Waals surface area contributed by atoms with Crippen LogP contribution >= 0.6 is 0 Å². The summed E-state index contributed by atoms with van der Waals surface area (Å²) in [6.07, 6.45) is 2.61. The number of hydrogen-bond acceptors (Lipinski definition) is 3. The Morgan fingerprint density at radius 3 is 2.65 bits per heavy atom. The van der Waals surface area contributed by atoms with E-state index in [4.69, 9.17) is 0 Å². The molecule has 0 aromatic rings. The van der Waals surface area contributed by atoms with Gasteiger partial charge in [0.15, 0.2) is 0 Å². The Bertz CT molecular complexity index is 208. The second kappa shape index (κ2) is 7.34. The predicted molar refractivity (Wildman–Crippen MR) is 75.5 cm³/mol. The summed E-state index contributed by atoms with van der Waals surface area (Å²) < 4.78 is 0. The van der Waals surface area contributed by atoms with E-state index in [1.54, 1.807) is 0 Å². The van der Waals surface area contributed by atoms with E-state index in [2.05, 4.69) is 50.0 Å². The quantitative estimate of drug-likeness (QED) is 0.731. The van der Waals surface area contributed by atoms with Crippen LogP contribution in [0.25, 0.3) is 0 Å². The Kier molecular flexibility index (Phi) is 6.45. The number of hydrogen-bond donors (Lipinski definition) is 1. The lowest BCUT2D eigenvalue weighted by molar-refractivity contribution is 0.199. The van der Waals surface area contributed by atoms with E-state index >= 15 is 0 Å². The standard InChI is InChI=1S/C14H31N3/c1-6-15-12(2)9-13(3)17(5)11-14-7-8-16(4)10-14/h12-15H,6-11H2,1-5H3. The molecule has 102 valence electrons. The third kappa shape index (κ3) is 5.36. The molecule has 1 aliphatic rings. The van der Waals surface area contributed by atoms with Crippen molar-refractivity contribution in [3.8, 4) is 0 Å². The summed E-state index contributed by atoms with van der Waals surface area (Å²) >= 11 is 0. The smallest absolute Gasteiger partial charge is 0.00787 e.